The standard InChI is InChI=1S/C40H53NO6/c1-3-5-7-9-11-13-15-17-25-46-37-24-21-32(29-38(37)47-26-18-16-14-12-10-8-6-4-2)41-35-27-30(39(42)43)19-22-33(35)34-23-20-31(40(44)45)28-36(34)41/h19-24,27-29H,3-18,25-26H2,1-2H3,(H,42,43)(H,44,45). The Bertz CT molecular complexity index is 1520. The maximum Gasteiger partial charge on any atom is 0.335 e. The van der Waals surface area contributed by atoms with E-state index in [9.17, 15) is 19.8 Å². The highest BCUT2D eigenvalue weighted by atomic mass is 16.5. The largest absolute Gasteiger partial charge is 0.490 e. The van der Waals surface area contributed by atoms with Gasteiger partial charge in [0.2, 0.25) is 0 Å². The Kier molecular flexibility index (Phi) is 14.5. The van der Waals surface area contributed by atoms with Crippen LogP contribution >= 0.6 is 0 Å². The van der Waals surface area contributed by atoms with Gasteiger partial charge in [0.25, 0.3) is 0 Å². The molecule has 1 aromatic heterocycles. The predicted octanol–water partition coefficient (Wildman–Crippen LogP) is 11.2. The number of aromatic nitrogens is 1. The molecule has 0 spiro atoms. The van der Waals surface area contributed by atoms with Gasteiger partial charge in [-0.1, -0.05) is 116 Å². The molecule has 0 saturated heterocycles. The van der Waals surface area contributed by atoms with Crippen LogP contribution in [0.1, 0.15) is 137 Å². The van der Waals surface area contributed by atoms with Crippen molar-refractivity contribution >= 4 is 33.7 Å². The summed E-state index contributed by atoms with van der Waals surface area (Å²) in [5.41, 5.74) is 2.45. The second kappa shape index (κ2) is 19.0. The van der Waals surface area contributed by atoms with Gasteiger partial charge in [-0.25, -0.2) is 9.59 Å². The third-order valence-corrected chi connectivity index (χ3v) is 8.96. The minimum atomic E-state index is -1.02. The zero-order valence-corrected chi connectivity index (χ0v) is 28.4. The average Bonchev–Trinajstić information content (AvgIpc) is 3.40. The van der Waals surface area contributed by atoms with Crippen LogP contribution in [-0.4, -0.2) is 39.9 Å². The summed E-state index contributed by atoms with van der Waals surface area (Å²) in [5, 5.41) is 21.2. The Morgan fingerprint density at radius 1 is 0.532 bits per heavy atom. The Morgan fingerprint density at radius 3 is 1.40 bits per heavy atom. The van der Waals surface area contributed by atoms with Crippen LogP contribution in [0, 0.1) is 0 Å². The molecular weight excluding hydrogens is 590 g/mol. The Morgan fingerprint density at radius 2 is 0.957 bits per heavy atom. The highest BCUT2D eigenvalue weighted by Crippen LogP contribution is 2.37. The second-order valence-corrected chi connectivity index (χ2v) is 12.7. The van der Waals surface area contributed by atoms with E-state index in [1.165, 1.54) is 77.0 Å². The maximum absolute atomic E-state index is 11.9. The lowest BCUT2D eigenvalue weighted by Crippen LogP contribution is -2.05. The zero-order chi connectivity index (χ0) is 33.4. The molecule has 0 bridgehead atoms. The third kappa shape index (κ3) is 10.2. The molecule has 0 aliphatic heterocycles. The molecule has 0 radical (unpaired) electrons. The number of carboxylic acid groups (broad SMARTS) is 2. The molecule has 2 N–H and O–H groups in total. The minimum absolute atomic E-state index is 0.163. The molecule has 0 saturated carbocycles. The van der Waals surface area contributed by atoms with Crippen LogP contribution in [0.4, 0.5) is 0 Å². The van der Waals surface area contributed by atoms with Crippen molar-refractivity contribution in [1.82, 2.24) is 4.57 Å². The van der Waals surface area contributed by atoms with Gasteiger partial charge in [0, 0.05) is 16.8 Å². The van der Waals surface area contributed by atoms with Crippen LogP contribution in [0.25, 0.3) is 27.5 Å². The number of benzene rings is 3. The molecule has 4 aromatic rings. The van der Waals surface area contributed by atoms with Crippen molar-refractivity contribution in [3.05, 3.63) is 65.7 Å². The third-order valence-electron chi connectivity index (χ3n) is 8.96. The van der Waals surface area contributed by atoms with Crippen LogP contribution in [0.5, 0.6) is 11.5 Å². The minimum Gasteiger partial charge on any atom is -0.490 e. The Balaban J connectivity index is 1.57. The van der Waals surface area contributed by atoms with Gasteiger partial charge in [0.15, 0.2) is 11.5 Å². The lowest BCUT2D eigenvalue weighted by atomic mass is 10.1. The molecule has 0 aliphatic carbocycles. The number of fused-ring (bicyclic) bond motifs is 3. The van der Waals surface area contributed by atoms with Gasteiger partial charge in [-0.05, 0) is 49.2 Å². The van der Waals surface area contributed by atoms with E-state index in [0.717, 1.165) is 42.1 Å². The number of carbonyl (C=O) groups is 2. The Labute approximate surface area is 279 Å². The predicted molar refractivity (Wildman–Crippen MR) is 191 cm³/mol. The van der Waals surface area contributed by atoms with Crippen molar-refractivity contribution < 1.29 is 29.3 Å². The molecule has 1 heterocycles. The first kappa shape index (κ1) is 35.8. The molecule has 0 fully saturated rings. The van der Waals surface area contributed by atoms with Gasteiger partial charge in [-0.3, -0.25) is 0 Å². The molecular formula is C40H53NO6. The van der Waals surface area contributed by atoms with Gasteiger partial charge < -0.3 is 24.3 Å². The van der Waals surface area contributed by atoms with Gasteiger partial charge in [-0.15, -0.1) is 0 Å². The number of unbranched alkanes of at least 4 members (excludes halogenated alkanes) is 14. The molecule has 0 amide bonds. The zero-order valence-electron chi connectivity index (χ0n) is 28.4. The monoisotopic (exact) mass is 643 g/mol. The molecule has 0 atom stereocenters. The second-order valence-electron chi connectivity index (χ2n) is 12.7. The summed E-state index contributed by atoms with van der Waals surface area (Å²) in [7, 11) is 0. The molecule has 0 aliphatic rings. The summed E-state index contributed by atoms with van der Waals surface area (Å²) < 4.78 is 14.6. The van der Waals surface area contributed by atoms with Gasteiger partial charge in [0.05, 0.1) is 41.1 Å². The average molecular weight is 644 g/mol. The molecule has 254 valence electrons. The van der Waals surface area contributed by atoms with Crippen LogP contribution < -0.4 is 9.47 Å². The van der Waals surface area contributed by atoms with Crippen molar-refractivity contribution in [3.63, 3.8) is 0 Å². The lowest BCUT2D eigenvalue weighted by Gasteiger charge is -2.16. The van der Waals surface area contributed by atoms with Gasteiger partial charge >= 0.3 is 11.9 Å². The van der Waals surface area contributed by atoms with E-state index in [1.807, 2.05) is 22.8 Å². The van der Waals surface area contributed by atoms with E-state index in [1.54, 1.807) is 36.4 Å². The maximum atomic E-state index is 11.9. The number of hydrogen-bond donors (Lipinski definition) is 2. The number of rotatable bonds is 23. The van der Waals surface area contributed by atoms with E-state index >= 15 is 0 Å². The van der Waals surface area contributed by atoms with Crippen LogP contribution in [0.15, 0.2) is 54.6 Å². The van der Waals surface area contributed by atoms with Crippen molar-refractivity contribution in [2.45, 2.75) is 117 Å². The number of ether oxygens (including phenoxy) is 2. The van der Waals surface area contributed by atoms with Gasteiger partial charge in [0.1, 0.15) is 0 Å². The smallest absolute Gasteiger partial charge is 0.335 e. The molecule has 0 unspecified atom stereocenters. The summed E-state index contributed by atoms with van der Waals surface area (Å²) in [4.78, 5) is 23.8. The first-order chi connectivity index (χ1) is 22.9. The summed E-state index contributed by atoms with van der Waals surface area (Å²) in [5.74, 6) is -0.707. The van der Waals surface area contributed by atoms with Crippen LogP contribution in [0.3, 0.4) is 0 Å². The number of aromatic carboxylic acids is 2. The number of hydrogen-bond acceptors (Lipinski definition) is 4. The number of carboxylic acids is 2. The van der Waals surface area contributed by atoms with Crippen molar-refractivity contribution in [2.75, 3.05) is 13.2 Å². The van der Waals surface area contributed by atoms with Gasteiger partial charge in [-0.2, -0.15) is 0 Å². The summed E-state index contributed by atoms with van der Waals surface area (Å²) in [6.07, 6.45) is 19.5. The van der Waals surface area contributed by atoms with E-state index < -0.39 is 11.9 Å². The summed E-state index contributed by atoms with van der Waals surface area (Å²) >= 11 is 0. The first-order valence-electron chi connectivity index (χ1n) is 17.9. The fourth-order valence-corrected chi connectivity index (χ4v) is 6.27. The van der Waals surface area contributed by atoms with E-state index in [2.05, 4.69) is 13.8 Å². The number of nitrogens with zero attached hydrogens (tertiary/aromatic N) is 1. The van der Waals surface area contributed by atoms with Crippen molar-refractivity contribution in [3.8, 4) is 17.2 Å². The highest BCUT2D eigenvalue weighted by Gasteiger charge is 2.18. The van der Waals surface area contributed by atoms with Crippen molar-refractivity contribution in [1.29, 1.82) is 0 Å². The molecule has 7 nitrogen and oxygen atoms in total. The molecule has 47 heavy (non-hydrogen) atoms. The van der Waals surface area contributed by atoms with Crippen LogP contribution in [0.2, 0.25) is 0 Å². The lowest BCUT2D eigenvalue weighted by molar-refractivity contribution is 0.0686. The Hall–Kier alpha value is -4.00. The molecule has 7 heteroatoms. The summed E-state index contributed by atoms with van der Waals surface area (Å²) in [6.45, 7) is 5.67. The highest BCUT2D eigenvalue weighted by molar-refractivity contribution is 6.12. The van der Waals surface area contributed by atoms with E-state index in [-0.39, 0.29) is 11.1 Å². The van der Waals surface area contributed by atoms with Crippen LogP contribution in [-0.2, 0) is 0 Å². The first-order valence-corrected chi connectivity index (χ1v) is 17.9. The molecule has 4 rings (SSSR count). The quantitative estimate of drug-likeness (QED) is 0.0780. The van der Waals surface area contributed by atoms with E-state index in [0.29, 0.717) is 35.7 Å². The fraction of sp³-hybridized carbons (Fsp3) is 0.500. The molecule has 3 aromatic carbocycles. The topological polar surface area (TPSA) is 98.0 Å². The SMILES string of the molecule is CCCCCCCCCCOc1ccc(-n2c3cc(C(=O)O)ccc3c3ccc(C(=O)O)cc32)cc1OCCCCCCCCCC. The fourth-order valence-electron chi connectivity index (χ4n) is 6.27. The van der Waals surface area contributed by atoms with Crippen molar-refractivity contribution in [2.24, 2.45) is 0 Å². The normalized spacial score (nSPS) is 11.4. The van der Waals surface area contributed by atoms with E-state index in [4.69, 9.17) is 9.47 Å². The summed E-state index contributed by atoms with van der Waals surface area (Å²) in [6, 6.07) is 15.8.